The van der Waals surface area contributed by atoms with Crippen molar-refractivity contribution < 1.29 is 4.79 Å². The summed E-state index contributed by atoms with van der Waals surface area (Å²) in [6, 6.07) is 9.87. The standard InChI is InChI=1S/C17H22N4OS/c1-12-8-10-21(11-9-12)16(22)13(2)23-17-18-15(19-20-17)14-6-4-3-5-7-14/h3-7,12-13H,8-11H2,1-2H3,(H,18,19,20). The number of likely N-dealkylation sites (tertiary alicyclic amines) is 1. The topological polar surface area (TPSA) is 61.9 Å². The summed E-state index contributed by atoms with van der Waals surface area (Å²) in [4.78, 5) is 19.0. The highest BCUT2D eigenvalue weighted by molar-refractivity contribution is 8.00. The first-order valence-corrected chi connectivity index (χ1v) is 8.94. The summed E-state index contributed by atoms with van der Waals surface area (Å²) < 4.78 is 0. The highest BCUT2D eigenvalue weighted by Gasteiger charge is 2.26. The number of carbonyl (C=O) groups excluding carboxylic acids is 1. The molecule has 0 radical (unpaired) electrons. The van der Waals surface area contributed by atoms with E-state index in [1.54, 1.807) is 0 Å². The SMILES string of the molecule is CC1CCN(C(=O)C(C)Sc2n[nH]c(-c3ccccc3)n2)CC1. The van der Waals surface area contributed by atoms with Crippen LogP contribution in [0.5, 0.6) is 0 Å². The Morgan fingerprint density at radius 1 is 1.30 bits per heavy atom. The van der Waals surface area contributed by atoms with E-state index in [4.69, 9.17) is 0 Å². The molecule has 1 unspecified atom stereocenters. The molecule has 1 aliphatic heterocycles. The van der Waals surface area contributed by atoms with E-state index in [-0.39, 0.29) is 11.2 Å². The molecule has 0 spiro atoms. The molecule has 1 fully saturated rings. The number of H-pyrrole nitrogens is 1. The van der Waals surface area contributed by atoms with E-state index in [9.17, 15) is 4.79 Å². The summed E-state index contributed by atoms with van der Waals surface area (Å²) in [6.07, 6.45) is 2.20. The van der Waals surface area contributed by atoms with Crippen molar-refractivity contribution in [2.45, 2.75) is 37.1 Å². The molecule has 0 bridgehead atoms. The van der Waals surface area contributed by atoms with Crippen molar-refractivity contribution in [3.05, 3.63) is 30.3 Å². The Labute approximate surface area is 140 Å². The number of thioether (sulfide) groups is 1. The molecule has 1 saturated heterocycles. The van der Waals surface area contributed by atoms with Gasteiger partial charge in [0.2, 0.25) is 11.1 Å². The second-order valence-corrected chi connectivity index (χ2v) is 7.41. The molecule has 2 heterocycles. The number of hydrogen-bond acceptors (Lipinski definition) is 4. The van der Waals surface area contributed by atoms with Crippen LogP contribution in [0.25, 0.3) is 11.4 Å². The average Bonchev–Trinajstić information content (AvgIpc) is 3.04. The van der Waals surface area contributed by atoms with E-state index in [1.165, 1.54) is 11.8 Å². The van der Waals surface area contributed by atoms with Crippen LogP contribution in [0.2, 0.25) is 0 Å². The minimum absolute atomic E-state index is 0.164. The molecule has 1 amide bonds. The van der Waals surface area contributed by atoms with Crippen molar-refractivity contribution in [2.24, 2.45) is 5.92 Å². The fourth-order valence-corrected chi connectivity index (χ4v) is 3.53. The molecule has 1 N–H and O–H groups in total. The van der Waals surface area contributed by atoms with Crippen molar-refractivity contribution in [1.82, 2.24) is 20.1 Å². The minimum atomic E-state index is -0.164. The van der Waals surface area contributed by atoms with Gasteiger partial charge in [-0.2, -0.15) is 0 Å². The van der Waals surface area contributed by atoms with E-state index in [0.717, 1.165) is 43.2 Å². The number of nitrogens with one attached hydrogen (secondary N) is 1. The largest absolute Gasteiger partial charge is 0.342 e. The number of benzene rings is 1. The molecule has 0 saturated carbocycles. The fraction of sp³-hybridized carbons (Fsp3) is 0.471. The third-order valence-corrected chi connectivity index (χ3v) is 5.19. The zero-order valence-corrected chi connectivity index (χ0v) is 14.3. The van der Waals surface area contributed by atoms with Gasteiger partial charge in [-0.15, -0.1) is 5.10 Å². The highest BCUT2D eigenvalue weighted by atomic mass is 32.2. The first kappa shape index (κ1) is 16.1. The Bertz CT molecular complexity index is 650. The van der Waals surface area contributed by atoms with Crippen LogP contribution in [0.15, 0.2) is 35.5 Å². The molecule has 6 heteroatoms. The number of aromatic nitrogens is 3. The summed E-state index contributed by atoms with van der Waals surface area (Å²) in [5, 5.41) is 7.63. The van der Waals surface area contributed by atoms with Crippen LogP contribution in [0.3, 0.4) is 0 Å². The zero-order valence-electron chi connectivity index (χ0n) is 13.5. The van der Waals surface area contributed by atoms with Crippen molar-refractivity contribution in [1.29, 1.82) is 0 Å². The summed E-state index contributed by atoms with van der Waals surface area (Å²) in [5.41, 5.74) is 0.996. The highest BCUT2D eigenvalue weighted by Crippen LogP contribution is 2.25. The van der Waals surface area contributed by atoms with Gasteiger partial charge in [-0.25, -0.2) is 4.98 Å². The maximum absolute atomic E-state index is 12.5. The van der Waals surface area contributed by atoms with Crippen LogP contribution < -0.4 is 0 Å². The molecule has 0 aliphatic carbocycles. The monoisotopic (exact) mass is 330 g/mol. The van der Waals surface area contributed by atoms with Crippen molar-refractivity contribution in [3.8, 4) is 11.4 Å². The van der Waals surface area contributed by atoms with Gasteiger partial charge >= 0.3 is 0 Å². The number of hydrogen-bond donors (Lipinski definition) is 1. The summed E-state index contributed by atoms with van der Waals surface area (Å²) in [6.45, 7) is 5.92. The van der Waals surface area contributed by atoms with Gasteiger partial charge in [0.15, 0.2) is 5.82 Å². The van der Waals surface area contributed by atoms with E-state index < -0.39 is 0 Å². The Balaban J connectivity index is 1.61. The van der Waals surface area contributed by atoms with Crippen LogP contribution >= 0.6 is 11.8 Å². The second kappa shape index (κ2) is 7.17. The molecular formula is C17H22N4OS. The molecular weight excluding hydrogens is 308 g/mol. The predicted octanol–water partition coefficient (Wildman–Crippen LogP) is 3.21. The van der Waals surface area contributed by atoms with E-state index in [2.05, 4.69) is 22.1 Å². The first-order chi connectivity index (χ1) is 11.1. The molecule has 1 atom stereocenters. The lowest BCUT2D eigenvalue weighted by Gasteiger charge is -2.31. The maximum Gasteiger partial charge on any atom is 0.235 e. The first-order valence-electron chi connectivity index (χ1n) is 8.06. The molecule has 1 aromatic heterocycles. The maximum atomic E-state index is 12.5. The average molecular weight is 330 g/mol. The molecule has 2 aromatic rings. The van der Waals surface area contributed by atoms with Crippen molar-refractivity contribution in [2.75, 3.05) is 13.1 Å². The zero-order chi connectivity index (χ0) is 16.2. The van der Waals surface area contributed by atoms with Gasteiger partial charge in [-0.3, -0.25) is 9.89 Å². The number of piperidine rings is 1. The van der Waals surface area contributed by atoms with Crippen LogP contribution in [0.1, 0.15) is 26.7 Å². The fourth-order valence-electron chi connectivity index (χ4n) is 2.72. The van der Waals surface area contributed by atoms with Crippen molar-refractivity contribution in [3.63, 3.8) is 0 Å². The molecule has 1 aliphatic rings. The Hall–Kier alpha value is -1.82. The summed E-state index contributed by atoms with van der Waals surface area (Å²) >= 11 is 1.42. The smallest absolute Gasteiger partial charge is 0.235 e. The molecule has 122 valence electrons. The summed E-state index contributed by atoms with van der Waals surface area (Å²) in [7, 11) is 0. The number of rotatable bonds is 4. The minimum Gasteiger partial charge on any atom is -0.342 e. The van der Waals surface area contributed by atoms with Crippen LogP contribution in [0.4, 0.5) is 0 Å². The molecule has 5 nitrogen and oxygen atoms in total. The van der Waals surface area contributed by atoms with Gasteiger partial charge in [-0.05, 0) is 25.7 Å². The van der Waals surface area contributed by atoms with Crippen LogP contribution in [-0.4, -0.2) is 44.3 Å². The van der Waals surface area contributed by atoms with Crippen LogP contribution in [-0.2, 0) is 4.79 Å². The lowest BCUT2D eigenvalue weighted by atomic mass is 9.99. The summed E-state index contributed by atoms with van der Waals surface area (Å²) in [5.74, 6) is 1.65. The van der Waals surface area contributed by atoms with Gasteiger partial charge in [0.25, 0.3) is 0 Å². The number of amides is 1. The Kier molecular flexibility index (Phi) is 5.00. The Morgan fingerprint density at radius 2 is 2.00 bits per heavy atom. The molecule has 23 heavy (non-hydrogen) atoms. The third-order valence-electron chi connectivity index (χ3n) is 4.24. The van der Waals surface area contributed by atoms with Gasteiger partial charge in [0.1, 0.15) is 0 Å². The number of aromatic amines is 1. The van der Waals surface area contributed by atoms with Gasteiger partial charge < -0.3 is 4.90 Å². The van der Waals surface area contributed by atoms with Gasteiger partial charge in [-0.1, -0.05) is 49.0 Å². The normalized spacial score (nSPS) is 17.2. The van der Waals surface area contributed by atoms with Crippen molar-refractivity contribution >= 4 is 17.7 Å². The van der Waals surface area contributed by atoms with E-state index in [1.807, 2.05) is 42.2 Å². The lowest BCUT2D eigenvalue weighted by molar-refractivity contribution is -0.131. The number of nitrogens with zero attached hydrogens (tertiary/aromatic N) is 3. The number of carbonyl (C=O) groups is 1. The van der Waals surface area contributed by atoms with Gasteiger partial charge in [0, 0.05) is 18.7 Å². The molecule has 1 aromatic carbocycles. The predicted molar refractivity (Wildman–Crippen MR) is 92.1 cm³/mol. The second-order valence-electron chi connectivity index (χ2n) is 6.10. The van der Waals surface area contributed by atoms with Gasteiger partial charge in [0.05, 0.1) is 5.25 Å². The van der Waals surface area contributed by atoms with E-state index in [0.29, 0.717) is 5.16 Å². The van der Waals surface area contributed by atoms with E-state index >= 15 is 0 Å². The lowest BCUT2D eigenvalue weighted by Crippen LogP contribution is -2.41. The molecule has 3 rings (SSSR count). The third kappa shape index (κ3) is 3.93. The Morgan fingerprint density at radius 3 is 2.70 bits per heavy atom. The van der Waals surface area contributed by atoms with Crippen LogP contribution in [0, 0.1) is 5.92 Å². The quantitative estimate of drug-likeness (QED) is 0.875.